The normalized spacial score (nSPS) is 19.5. The van der Waals surface area contributed by atoms with E-state index >= 15 is 0 Å². The fraction of sp³-hybridized carbons (Fsp3) is 0.292. The number of rotatable bonds is 2. The zero-order valence-electron chi connectivity index (χ0n) is 17.4. The van der Waals surface area contributed by atoms with Crippen LogP contribution in [-0.2, 0) is 11.2 Å². The van der Waals surface area contributed by atoms with Gasteiger partial charge in [0.05, 0.1) is 16.7 Å². The number of hydrogen-bond acceptors (Lipinski definition) is 5. The van der Waals surface area contributed by atoms with Crippen LogP contribution in [0.3, 0.4) is 0 Å². The van der Waals surface area contributed by atoms with E-state index in [0.29, 0.717) is 48.0 Å². The van der Waals surface area contributed by atoms with Gasteiger partial charge in [0.1, 0.15) is 23.9 Å². The summed E-state index contributed by atoms with van der Waals surface area (Å²) in [7, 11) is 0. The van der Waals surface area contributed by atoms with E-state index in [4.69, 9.17) is 16.3 Å². The van der Waals surface area contributed by atoms with E-state index in [1.807, 2.05) is 30.4 Å². The molecule has 1 fully saturated rings. The van der Waals surface area contributed by atoms with Crippen LogP contribution in [0.4, 0.5) is 5.69 Å². The van der Waals surface area contributed by atoms with E-state index in [9.17, 15) is 14.9 Å². The molecule has 7 nitrogen and oxygen atoms in total. The maximum absolute atomic E-state index is 13.1. The van der Waals surface area contributed by atoms with Crippen LogP contribution in [0.1, 0.15) is 28.8 Å². The molecule has 32 heavy (non-hydrogen) atoms. The third kappa shape index (κ3) is 5.04. The van der Waals surface area contributed by atoms with Gasteiger partial charge in [-0.15, -0.1) is 0 Å². The van der Waals surface area contributed by atoms with Crippen LogP contribution in [-0.4, -0.2) is 36.5 Å². The van der Waals surface area contributed by atoms with Crippen molar-refractivity contribution >= 4 is 29.1 Å². The molecule has 0 radical (unpaired) electrons. The molecular formula is C24H23ClN4O3. The zero-order chi connectivity index (χ0) is 22.6. The van der Waals surface area contributed by atoms with Gasteiger partial charge in [-0.1, -0.05) is 35.9 Å². The molecule has 1 saturated carbocycles. The Morgan fingerprint density at radius 2 is 2.03 bits per heavy atom. The Balaban J connectivity index is 1.65. The number of amides is 2. The summed E-state index contributed by atoms with van der Waals surface area (Å²) in [5.74, 6) is -0.238. The lowest BCUT2D eigenvalue weighted by Gasteiger charge is -2.21. The number of para-hydroxylation sites is 1. The van der Waals surface area contributed by atoms with Crippen LogP contribution in [0.5, 0.6) is 5.75 Å². The third-order valence-corrected chi connectivity index (χ3v) is 5.76. The van der Waals surface area contributed by atoms with Crippen LogP contribution >= 0.6 is 11.6 Å². The fourth-order valence-electron chi connectivity index (χ4n) is 3.48. The van der Waals surface area contributed by atoms with Crippen LogP contribution < -0.4 is 20.7 Å². The van der Waals surface area contributed by atoms with Gasteiger partial charge in [-0.3, -0.25) is 9.59 Å². The Morgan fingerprint density at radius 3 is 2.78 bits per heavy atom. The van der Waals surface area contributed by atoms with E-state index in [0.717, 1.165) is 5.56 Å². The third-order valence-electron chi connectivity index (χ3n) is 5.47. The lowest BCUT2D eigenvalue weighted by molar-refractivity contribution is -0.123. The molecule has 2 aromatic carbocycles. The number of nitrogens with one attached hydrogen (secondary N) is 3. The monoisotopic (exact) mass is 450 g/mol. The summed E-state index contributed by atoms with van der Waals surface area (Å²) in [5.41, 5.74) is 1.01. The number of ether oxygens (including phenoxy) is 1. The van der Waals surface area contributed by atoms with Crippen LogP contribution in [0.25, 0.3) is 0 Å². The number of carbonyl (C=O) groups excluding carboxylic acids is 2. The quantitative estimate of drug-likeness (QED) is 0.609. The van der Waals surface area contributed by atoms with Crippen molar-refractivity contribution in [3.63, 3.8) is 0 Å². The van der Waals surface area contributed by atoms with E-state index in [1.165, 1.54) is 0 Å². The van der Waals surface area contributed by atoms with Gasteiger partial charge in [0.15, 0.2) is 0 Å². The first-order valence-electron chi connectivity index (χ1n) is 10.4. The van der Waals surface area contributed by atoms with Crippen molar-refractivity contribution in [1.29, 1.82) is 5.26 Å². The summed E-state index contributed by atoms with van der Waals surface area (Å²) in [6.07, 6.45) is 5.20. The Labute approximate surface area is 191 Å². The Kier molecular flexibility index (Phi) is 6.33. The molecule has 0 unspecified atom stereocenters. The van der Waals surface area contributed by atoms with Crippen molar-refractivity contribution < 1.29 is 14.3 Å². The van der Waals surface area contributed by atoms with Gasteiger partial charge in [-0.2, -0.15) is 5.26 Å². The van der Waals surface area contributed by atoms with Crippen LogP contribution in [0.2, 0.25) is 5.02 Å². The lowest BCUT2D eigenvalue weighted by Crippen LogP contribution is -2.51. The zero-order valence-corrected chi connectivity index (χ0v) is 18.1. The number of hydrogen-bond donors (Lipinski definition) is 3. The molecule has 2 heterocycles. The summed E-state index contributed by atoms with van der Waals surface area (Å²) in [6, 6.07) is 13.7. The number of anilines is 1. The highest BCUT2D eigenvalue weighted by molar-refractivity contribution is 6.32. The second kappa shape index (κ2) is 9.33. The van der Waals surface area contributed by atoms with Gasteiger partial charge >= 0.3 is 0 Å². The molecule has 1 atom stereocenters. The average Bonchev–Trinajstić information content (AvgIpc) is 3.56. The van der Waals surface area contributed by atoms with Crippen molar-refractivity contribution in [2.75, 3.05) is 18.5 Å². The summed E-state index contributed by atoms with van der Waals surface area (Å²) in [6.45, 7) is 0.846. The number of carbonyl (C=O) groups is 2. The minimum Gasteiger partial charge on any atom is -0.488 e. The van der Waals surface area contributed by atoms with Gasteiger partial charge in [0.25, 0.3) is 5.91 Å². The van der Waals surface area contributed by atoms with E-state index in [2.05, 4.69) is 22.0 Å². The first-order valence-corrected chi connectivity index (χ1v) is 10.8. The summed E-state index contributed by atoms with van der Waals surface area (Å²) < 4.78 is 5.71. The Hall–Kier alpha value is -3.50. The SMILES string of the molecule is N#CC1(NC(=O)[C@@H]2Cc3ccc(c(Cl)c3)OCC=CCNc3ccccc3C(=O)N2)CC1. The predicted molar refractivity (Wildman–Crippen MR) is 122 cm³/mol. The minimum absolute atomic E-state index is 0.217. The summed E-state index contributed by atoms with van der Waals surface area (Å²) in [4.78, 5) is 26.2. The summed E-state index contributed by atoms with van der Waals surface area (Å²) >= 11 is 6.36. The topological polar surface area (TPSA) is 103 Å². The van der Waals surface area contributed by atoms with E-state index < -0.39 is 17.5 Å². The molecular weight excluding hydrogens is 428 g/mol. The smallest absolute Gasteiger partial charge is 0.254 e. The van der Waals surface area contributed by atoms with Gasteiger partial charge in [-0.25, -0.2) is 0 Å². The van der Waals surface area contributed by atoms with E-state index in [1.54, 1.807) is 24.3 Å². The number of fused-ring (bicyclic) bond motifs is 9. The first-order chi connectivity index (χ1) is 15.5. The van der Waals surface area contributed by atoms with Gasteiger partial charge in [0.2, 0.25) is 5.91 Å². The van der Waals surface area contributed by atoms with Crippen molar-refractivity contribution in [1.82, 2.24) is 10.6 Å². The molecule has 3 aliphatic rings. The van der Waals surface area contributed by atoms with Crippen molar-refractivity contribution in [2.45, 2.75) is 30.8 Å². The number of nitrogens with zero attached hydrogens (tertiary/aromatic N) is 1. The first kappa shape index (κ1) is 21.7. The van der Waals surface area contributed by atoms with Gasteiger partial charge < -0.3 is 20.7 Å². The largest absolute Gasteiger partial charge is 0.488 e. The molecule has 1 aliphatic carbocycles. The highest BCUT2D eigenvalue weighted by Crippen LogP contribution is 2.34. The van der Waals surface area contributed by atoms with Crippen molar-refractivity contribution in [3.05, 3.63) is 70.8 Å². The predicted octanol–water partition coefficient (Wildman–Crippen LogP) is 3.21. The fourth-order valence-corrected chi connectivity index (χ4v) is 3.73. The highest BCUT2D eigenvalue weighted by atomic mass is 35.5. The second-order valence-corrected chi connectivity index (χ2v) is 8.29. The average molecular weight is 451 g/mol. The molecule has 8 heteroatoms. The second-order valence-electron chi connectivity index (χ2n) is 7.89. The number of nitriles is 1. The van der Waals surface area contributed by atoms with Crippen molar-refractivity contribution in [2.24, 2.45) is 0 Å². The van der Waals surface area contributed by atoms with Gasteiger partial charge in [-0.05, 0) is 48.7 Å². The standard InChI is InChI=1S/C24H23ClN4O3/c25-18-13-16-7-8-21(18)32-12-4-3-11-27-19-6-2-1-5-17(19)22(30)28-20(14-16)23(31)29-24(15-26)9-10-24/h1-8,13,20,27H,9-12,14H2,(H,28,30)(H,29,31)/t20-/m0/s1. The summed E-state index contributed by atoms with van der Waals surface area (Å²) in [5, 5.41) is 18.6. The molecule has 0 spiro atoms. The lowest BCUT2D eigenvalue weighted by atomic mass is 10.0. The number of halogens is 1. The maximum Gasteiger partial charge on any atom is 0.254 e. The maximum atomic E-state index is 13.1. The molecule has 2 bridgehead atoms. The molecule has 2 aliphatic heterocycles. The van der Waals surface area contributed by atoms with E-state index in [-0.39, 0.29) is 12.3 Å². The molecule has 2 amide bonds. The molecule has 2 aromatic rings. The minimum atomic E-state index is -0.878. The number of benzene rings is 2. The molecule has 0 saturated heterocycles. The molecule has 3 N–H and O–H groups in total. The van der Waals surface area contributed by atoms with Gasteiger partial charge in [0, 0.05) is 18.7 Å². The highest BCUT2D eigenvalue weighted by Gasteiger charge is 2.45. The Morgan fingerprint density at radius 1 is 1.22 bits per heavy atom. The Bertz CT molecular complexity index is 1100. The van der Waals surface area contributed by atoms with Crippen LogP contribution in [0.15, 0.2) is 54.6 Å². The van der Waals surface area contributed by atoms with Crippen LogP contribution in [0, 0.1) is 11.3 Å². The molecule has 0 aromatic heterocycles. The molecule has 164 valence electrons. The molecule has 5 rings (SSSR count). The van der Waals surface area contributed by atoms with Crippen molar-refractivity contribution in [3.8, 4) is 11.8 Å².